The molecule has 1 heterocycles. The maximum atomic E-state index is 5.83. The van der Waals surface area contributed by atoms with Gasteiger partial charge in [0.15, 0.2) is 0 Å². The lowest BCUT2D eigenvalue weighted by Gasteiger charge is -2.24. The fourth-order valence-electron chi connectivity index (χ4n) is 2.34. The van der Waals surface area contributed by atoms with Crippen LogP contribution in [0.3, 0.4) is 0 Å². The molecule has 0 aromatic carbocycles. The zero-order valence-electron chi connectivity index (χ0n) is 12.5. The Morgan fingerprint density at radius 3 is 2.84 bits per heavy atom. The highest BCUT2D eigenvalue weighted by Gasteiger charge is 2.16. The van der Waals surface area contributed by atoms with Gasteiger partial charge >= 0.3 is 0 Å². The summed E-state index contributed by atoms with van der Waals surface area (Å²) in [5.41, 5.74) is 1.37. The lowest BCUT2D eigenvalue weighted by atomic mass is 9.83. The smallest absolute Gasteiger partial charge is 0.0727 e. The third kappa shape index (κ3) is 4.90. The molecule has 1 fully saturated rings. The Morgan fingerprint density at radius 1 is 1.42 bits per heavy atom. The van der Waals surface area contributed by atoms with Gasteiger partial charge in [-0.25, -0.2) is 0 Å². The van der Waals surface area contributed by atoms with Crippen LogP contribution in [0.15, 0.2) is 6.07 Å². The summed E-state index contributed by atoms with van der Waals surface area (Å²) >= 11 is 1.89. The van der Waals surface area contributed by atoms with Crippen LogP contribution in [0.5, 0.6) is 0 Å². The van der Waals surface area contributed by atoms with Gasteiger partial charge in [-0.15, -0.1) is 11.3 Å². The Labute approximate surface area is 121 Å². The van der Waals surface area contributed by atoms with Gasteiger partial charge in [-0.1, -0.05) is 33.1 Å². The highest BCUT2D eigenvalue weighted by Crippen LogP contribution is 2.29. The van der Waals surface area contributed by atoms with Crippen LogP contribution >= 0.6 is 11.3 Å². The van der Waals surface area contributed by atoms with E-state index in [0.29, 0.717) is 6.04 Å². The van der Waals surface area contributed by atoms with Crippen LogP contribution in [-0.2, 0) is 17.9 Å². The van der Waals surface area contributed by atoms with Crippen molar-refractivity contribution < 1.29 is 4.74 Å². The highest BCUT2D eigenvalue weighted by atomic mass is 32.1. The number of rotatable bonds is 8. The number of hydrogen-bond acceptors (Lipinski definition) is 3. The Morgan fingerprint density at radius 2 is 2.21 bits per heavy atom. The first kappa shape index (κ1) is 15.0. The number of hydrogen-bond donors (Lipinski definition) is 1. The topological polar surface area (TPSA) is 21.3 Å². The van der Waals surface area contributed by atoms with E-state index in [2.05, 4.69) is 32.2 Å². The van der Waals surface area contributed by atoms with E-state index in [1.807, 2.05) is 11.3 Å². The van der Waals surface area contributed by atoms with E-state index in [1.54, 1.807) is 0 Å². The molecule has 108 valence electrons. The minimum absolute atomic E-state index is 0.546. The van der Waals surface area contributed by atoms with Crippen molar-refractivity contribution in [1.29, 1.82) is 0 Å². The average Bonchev–Trinajstić information content (AvgIpc) is 2.65. The van der Waals surface area contributed by atoms with Crippen LogP contribution in [0.1, 0.15) is 54.8 Å². The predicted octanol–water partition coefficient (Wildman–Crippen LogP) is 4.26. The van der Waals surface area contributed by atoms with E-state index >= 15 is 0 Å². The molecule has 0 amide bonds. The van der Waals surface area contributed by atoms with Crippen molar-refractivity contribution in [3.63, 3.8) is 0 Å². The van der Waals surface area contributed by atoms with Crippen molar-refractivity contribution in [2.24, 2.45) is 5.92 Å². The zero-order chi connectivity index (χ0) is 13.7. The molecule has 1 aliphatic rings. The molecule has 0 saturated heterocycles. The normalized spacial score (nSPS) is 16.0. The Kier molecular flexibility index (Phi) is 5.86. The molecular weight excluding hydrogens is 254 g/mol. The van der Waals surface area contributed by atoms with Gasteiger partial charge in [-0.3, -0.25) is 0 Å². The van der Waals surface area contributed by atoms with Gasteiger partial charge in [-0.2, -0.15) is 0 Å². The summed E-state index contributed by atoms with van der Waals surface area (Å²) in [4.78, 5) is 2.83. The van der Waals surface area contributed by atoms with Crippen LogP contribution in [-0.4, -0.2) is 12.6 Å². The van der Waals surface area contributed by atoms with E-state index in [4.69, 9.17) is 4.74 Å². The second-order valence-electron chi connectivity index (χ2n) is 5.97. The first-order chi connectivity index (χ1) is 9.15. The summed E-state index contributed by atoms with van der Waals surface area (Å²) in [6, 6.07) is 2.85. The largest absolute Gasteiger partial charge is 0.377 e. The van der Waals surface area contributed by atoms with Crippen molar-refractivity contribution in [2.45, 2.75) is 65.6 Å². The molecule has 0 bridgehead atoms. The molecule has 1 aliphatic carbocycles. The zero-order valence-corrected chi connectivity index (χ0v) is 13.3. The third-order valence-electron chi connectivity index (χ3n) is 3.91. The molecule has 1 aromatic heterocycles. The SMILES string of the molecule is Cc1sc(CNC(C)C)cc1COCCC1CCC1. The summed E-state index contributed by atoms with van der Waals surface area (Å²) in [6.45, 7) is 9.27. The second kappa shape index (κ2) is 7.41. The number of aryl methyl sites for hydroxylation is 1. The van der Waals surface area contributed by atoms with Gasteiger partial charge in [-0.05, 0) is 30.9 Å². The van der Waals surface area contributed by atoms with Gasteiger partial charge in [0.2, 0.25) is 0 Å². The molecule has 19 heavy (non-hydrogen) atoms. The molecule has 0 atom stereocenters. The lowest BCUT2D eigenvalue weighted by molar-refractivity contribution is 0.0949. The second-order valence-corrected chi connectivity index (χ2v) is 7.31. The van der Waals surface area contributed by atoms with Gasteiger partial charge < -0.3 is 10.1 Å². The molecule has 2 nitrogen and oxygen atoms in total. The monoisotopic (exact) mass is 281 g/mol. The third-order valence-corrected chi connectivity index (χ3v) is 5.00. The minimum atomic E-state index is 0.546. The van der Waals surface area contributed by atoms with E-state index in [1.165, 1.54) is 41.0 Å². The molecule has 3 heteroatoms. The van der Waals surface area contributed by atoms with E-state index in [0.717, 1.165) is 25.7 Å². The van der Waals surface area contributed by atoms with E-state index < -0.39 is 0 Å². The summed E-state index contributed by atoms with van der Waals surface area (Å²) in [5.74, 6) is 0.953. The highest BCUT2D eigenvalue weighted by molar-refractivity contribution is 7.12. The molecule has 0 aliphatic heterocycles. The number of nitrogens with one attached hydrogen (secondary N) is 1. The van der Waals surface area contributed by atoms with Crippen LogP contribution in [0.2, 0.25) is 0 Å². The Hall–Kier alpha value is -0.380. The maximum absolute atomic E-state index is 5.83. The quantitative estimate of drug-likeness (QED) is 0.719. The van der Waals surface area contributed by atoms with Crippen molar-refractivity contribution in [3.05, 3.63) is 21.4 Å². The maximum Gasteiger partial charge on any atom is 0.0727 e. The van der Waals surface area contributed by atoms with Gasteiger partial charge in [0.25, 0.3) is 0 Å². The van der Waals surface area contributed by atoms with Crippen molar-refractivity contribution in [3.8, 4) is 0 Å². The van der Waals surface area contributed by atoms with E-state index in [-0.39, 0.29) is 0 Å². The molecule has 1 saturated carbocycles. The molecule has 1 aromatic rings. The molecule has 0 unspecified atom stereocenters. The summed E-state index contributed by atoms with van der Waals surface area (Å²) in [7, 11) is 0. The van der Waals surface area contributed by atoms with Crippen molar-refractivity contribution >= 4 is 11.3 Å². The average molecular weight is 281 g/mol. The molecular formula is C16H27NOS. The predicted molar refractivity (Wildman–Crippen MR) is 82.6 cm³/mol. The first-order valence-electron chi connectivity index (χ1n) is 7.54. The Bertz CT molecular complexity index is 382. The van der Waals surface area contributed by atoms with Crippen molar-refractivity contribution in [2.75, 3.05) is 6.61 Å². The summed E-state index contributed by atoms with van der Waals surface area (Å²) in [5, 5.41) is 3.47. The number of thiophene rings is 1. The standard InChI is InChI=1S/C16H27NOS/c1-12(2)17-10-16-9-15(13(3)19-16)11-18-8-7-14-5-4-6-14/h9,12,14,17H,4-8,10-11H2,1-3H3. The van der Waals surface area contributed by atoms with Crippen molar-refractivity contribution in [1.82, 2.24) is 5.32 Å². The first-order valence-corrected chi connectivity index (χ1v) is 8.36. The fraction of sp³-hybridized carbons (Fsp3) is 0.750. The minimum Gasteiger partial charge on any atom is -0.377 e. The van der Waals surface area contributed by atoms with Crippen LogP contribution in [0.25, 0.3) is 0 Å². The van der Waals surface area contributed by atoms with Crippen LogP contribution < -0.4 is 5.32 Å². The fourth-order valence-corrected chi connectivity index (χ4v) is 3.34. The number of ether oxygens (including phenoxy) is 1. The van der Waals surface area contributed by atoms with Gasteiger partial charge in [0.05, 0.1) is 6.61 Å². The Balaban J connectivity index is 1.69. The van der Waals surface area contributed by atoms with Crippen LogP contribution in [0, 0.1) is 12.8 Å². The molecule has 0 radical (unpaired) electrons. The molecule has 2 rings (SSSR count). The summed E-state index contributed by atoms with van der Waals surface area (Å²) in [6.07, 6.45) is 5.53. The van der Waals surface area contributed by atoms with E-state index in [9.17, 15) is 0 Å². The molecule has 1 N–H and O–H groups in total. The lowest BCUT2D eigenvalue weighted by Crippen LogP contribution is -2.21. The van der Waals surface area contributed by atoms with Crippen LogP contribution in [0.4, 0.5) is 0 Å². The molecule has 0 spiro atoms. The summed E-state index contributed by atoms with van der Waals surface area (Å²) < 4.78 is 5.83. The van der Waals surface area contributed by atoms with Gasteiger partial charge in [0, 0.05) is 28.9 Å². The van der Waals surface area contributed by atoms with Gasteiger partial charge in [0.1, 0.15) is 0 Å².